The summed E-state index contributed by atoms with van der Waals surface area (Å²) in [6.07, 6.45) is 1.06. The van der Waals surface area contributed by atoms with E-state index in [1.807, 2.05) is 13.8 Å². The van der Waals surface area contributed by atoms with Gasteiger partial charge in [0, 0.05) is 30.9 Å². The molecule has 1 saturated carbocycles. The van der Waals surface area contributed by atoms with Crippen molar-refractivity contribution in [3.63, 3.8) is 0 Å². The molecule has 1 aromatic rings. The number of methoxy groups -OCH3 is 1. The maximum absolute atomic E-state index is 12.5. The normalized spacial score (nSPS) is 21.1. The highest BCUT2D eigenvalue weighted by molar-refractivity contribution is 5.85. The van der Waals surface area contributed by atoms with E-state index in [-0.39, 0.29) is 47.5 Å². The van der Waals surface area contributed by atoms with Crippen molar-refractivity contribution in [1.82, 2.24) is 5.32 Å². The van der Waals surface area contributed by atoms with E-state index in [0.717, 1.165) is 0 Å². The minimum Gasteiger partial charge on any atom is -0.467 e. The first-order valence-corrected chi connectivity index (χ1v) is 9.17. The molecule has 0 heterocycles. The molecule has 152 valence electrons. The van der Waals surface area contributed by atoms with Crippen molar-refractivity contribution in [3.8, 4) is 0 Å². The molecule has 0 saturated heterocycles. The number of carbonyl (C=O) groups is 3. The number of benzene rings is 1. The molecule has 0 spiro atoms. The van der Waals surface area contributed by atoms with Crippen LogP contribution in [-0.2, 0) is 25.5 Å². The molecule has 3 atom stereocenters. The first kappa shape index (κ1) is 21.5. The monoisotopic (exact) mass is 390 g/mol. The lowest BCUT2D eigenvalue weighted by Crippen LogP contribution is -2.51. The Kier molecular flexibility index (Phi) is 6.53. The number of hydrogen-bond acceptors (Lipinski definition) is 6. The molecule has 1 aliphatic carbocycles. The molecule has 0 radical (unpaired) electrons. The van der Waals surface area contributed by atoms with Crippen LogP contribution in [0.1, 0.15) is 39.2 Å². The zero-order chi connectivity index (χ0) is 21.1. The number of nitro benzene ring substituents is 1. The summed E-state index contributed by atoms with van der Waals surface area (Å²) in [5.74, 6) is -0.702. The molecule has 1 aliphatic rings. The van der Waals surface area contributed by atoms with Crippen LogP contribution in [0.3, 0.4) is 0 Å². The van der Waals surface area contributed by atoms with E-state index in [1.165, 1.54) is 19.2 Å². The number of hydrogen-bond donors (Lipinski definition) is 1. The number of amides is 1. The first-order valence-electron chi connectivity index (χ1n) is 9.17. The second kappa shape index (κ2) is 8.50. The predicted molar refractivity (Wildman–Crippen MR) is 101 cm³/mol. The minimum absolute atomic E-state index is 0.0400. The van der Waals surface area contributed by atoms with E-state index in [4.69, 9.17) is 4.74 Å². The molecule has 1 fully saturated rings. The number of non-ortho nitro benzene ring substituents is 1. The highest BCUT2D eigenvalue weighted by Gasteiger charge is 2.50. The summed E-state index contributed by atoms with van der Waals surface area (Å²) in [5.41, 5.74) is 0.374. The van der Waals surface area contributed by atoms with Crippen LogP contribution >= 0.6 is 0 Å². The molecule has 1 amide bonds. The third kappa shape index (κ3) is 4.74. The van der Waals surface area contributed by atoms with Gasteiger partial charge >= 0.3 is 5.97 Å². The lowest BCUT2D eigenvalue weighted by molar-refractivity contribution is -0.384. The van der Waals surface area contributed by atoms with E-state index < -0.39 is 16.9 Å². The van der Waals surface area contributed by atoms with Gasteiger partial charge in [0.2, 0.25) is 5.91 Å². The number of ketones is 1. The Morgan fingerprint density at radius 1 is 1.29 bits per heavy atom. The number of nitrogens with zero attached hydrogens (tertiary/aromatic N) is 1. The van der Waals surface area contributed by atoms with Crippen LogP contribution in [0.2, 0.25) is 0 Å². The van der Waals surface area contributed by atoms with Crippen LogP contribution < -0.4 is 5.32 Å². The van der Waals surface area contributed by atoms with Gasteiger partial charge in [0.25, 0.3) is 5.69 Å². The smallest absolute Gasteiger partial charge is 0.328 e. The third-order valence-corrected chi connectivity index (χ3v) is 5.80. The third-order valence-electron chi connectivity index (χ3n) is 5.80. The molecule has 8 nitrogen and oxygen atoms in total. The number of esters is 1. The quantitative estimate of drug-likeness (QED) is 0.414. The molecular weight excluding hydrogens is 364 g/mol. The number of nitrogens with one attached hydrogen (secondary N) is 1. The van der Waals surface area contributed by atoms with E-state index in [0.29, 0.717) is 12.0 Å². The summed E-state index contributed by atoms with van der Waals surface area (Å²) in [6.45, 7) is 5.53. The van der Waals surface area contributed by atoms with Gasteiger partial charge in [-0.1, -0.05) is 26.0 Å². The SMILES string of the molecule is COC(=O)C(Cc1ccc([N+](=O)[O-])cc1)NC(=O)CC1CC(C(C)=O)C1(C)C. The van der Waals surface area contributed by atoms with E-state index in [1.54, 1.807) is 19.1 Å². The Bertz CT molecular complexity index is 771. The molecule has 8 heteroatoms. The second-order valence-corrected chi connectivity index (χ2v) is 7.89. The van der Waals surface area contributed by atoms with Gasteiger partial charge in [0.05, 0.1) is 12.0 Å². The van der Waals surface area contributed by atoms with E-state index in [2.05, 4.69) is 5.32 Å². The average molecular weight is 390 g/mol. The number of ether oxygens (including phenoxy) is 1. The molecule has 0 aliphatic heterocycles. The lowest BCUT2D eigenvalue weighted by Gasteiger charge is -2.51. The van der Waals surface area contributed by atoms with Gasteiger partial charge in [-0.25, -0.2) is 4.79 Å². The van der Waals surface area contributed by atoms with Crippen molar-refractivity contribution in [3.05, 3.63) is 39.9 Å². The van der Waals surface area contributed by atoms with Crippen LogP contribution in [0.5, 0.6) is 0 Å². The Hall–Kier alpha value is -2.77. The van der Waals surface area contributed by atoms with Crippen LogP contribution in [0.25, 0.3) is 0 Å². The van der Waals surface area contributed by atoms with Crippen molar-refractivity contribution in [2.24, 2.45) is 17.3 Å². The average Bonchev–Trinajstić information content (AvgIpc) is 2.63. The van der Waals surface area contributed by atoms with Gasteiger partial charge in [0.1, 0.15) is 11.8 Å². The minimum atomic E-state index is -0.884. The fourth-order valence-electron chi connectivity index (χ4n) is 3.85. The first-order chi connectivity index (χ1) is 13.1. The summed E-state index contributed by atoms with van der Waals surface area (Å²) in [7, 11) is 1.24. The Labute approximate surface area is 163 Å². The highest BCUT2D eigenvalue weighted by Crippen LogP contribution is 2.53. The largest absolute Gasteiger partial charge is 0.467 e. The second-order valence-electron chi connectivity index (χ2n) is 7.89. The van der Waals surface area contributed by atoms with Gasteiger partial charge in [0.15, 0.2) is 0 Å². The van der Waals surface area contributed by atoms with Crippen LogP contribution in [0, 0.1) is 27.4 Å². The lowest BCUT2D eigenvalue weighted by atomic mass is 9.52. The summed E-state index contributed by atoms with van der Waals surface area (Å²) < 4.78 is 4.78. The van der Waals surface area contributed by atoms with Gasteiger partial charge in [-0.05, 0) is 30.2 Å². The molecule has 3 unspecified atom stereocenters. The van der Waals surface area contributed by atoms with Crippen molar-refractivity contribution >= 4 is 23.3 Å². The van der Waals surface area contributed by atoms with Crippen molar-refractivity contribution in [2.45, 2.75) is 46.1 Å². The predicted octanol–water partition coefficient (Wildman–Crippen LogP) is 2.44. The number of nitro groups is 1. The summed E-state index contributed by atoms with van der Waals surface area (Å²) in [5, 5.41) is 13.4. The van der Waals surface area contributed by atoms with Crippen molar-refractivity contribution in [2.75, 3.05) is 7.11 Å². The van der Waals surface area contributed by atoms with E-state index >= 15 is 0 Å². The Balaban J connectivity index is 2.00. The zero-order valence-corrected chi connectivity index (χ0v) is 16.6. The van der Waals surface area contributed by atoms with E-state index in [9.17, 15) is 24.5 Å². The van der Waals surface area contributed by atoms with Crippen molar-refractivity contribution < 1.29 is 24.0 Å². The van der Waals surface area contributed by atoms with Crippen LogP contribution in [0.15, 0.2) is 24.3 Å². The Morgan fingerprint density at radius 2 is 1.89 bits per heavy atom. The van der Waals surface area contributed by atoms with Gasteiger partial charge in [-0.2, -0.15) is 0 Å². The maximum atomic E-state index is 12.5. The number of rotatable bonds is 8. The number of Topliss-reactive ketones (excluding diaryl/α,β-unsaturated/α-hetero) is 1. The highest BCUT2D eigenvalue weighted by atomic mass is 16.6. The maximum Gasteiger partial charge on any atom is 0.328 e. The Morgan fingerprint density at radius 3 is 2.36 bits per heavy atom. The molecule has 28 heavy (non-hydrogen) atoms. The zero-order valence-electron chi connectivity index (χ0n) is 16.6. The molecular formula is C20H26N2O6. The fourth-order valence-corrected chi connectivity index (χ4v) is 3.85. The van der Waals surface area contributed by atoms with Crippen molar-refractivity contribution in [1.29, 1.82) is 0 Å². The van der Waals surface area contributed by atoms with Gasteiger partial charge in [-0.3, -0.25) is 19.7 Å². The standard InChI is InChI=1S/C20H26N2O6/c1-12(23)16-10-14(20(16,2)3)11-18(24)21-17(19(25)28-4)9-13-5-7-15(8-6-13)22(26)27/h5-8,14,16-17H,9-11H2,1-4H3,(H,21,24). The summed E-state index contributed by atoms with van der Waals surface area (Å²) in [4.78, 5) is 46.4. The van der Waals surface area contributed by atoms with Gasteiger partial charge in [-0.15, -0.1) is 0 Å². The summed E-state index contributed by atoms with van der Waals surface area (Å²) >= 11 is 0. The molecule has 0 bridgehead atoms. The number of carbonyl (C=O) groups excluding carboxylic acids is 3. The molecule has 0 aromatic heterocycles. The molecule has 1 N–H and O–H groups in total. The summed E-state index contributed by atoms with van der Waals surface area (Å²) in [6, 6.07) is 4.92. The van der Waals surface area contributed by atoms with Gasteiger partial charge < -0.3 is 10.1 Å². The molecule has 1 aromatic carbocycles. The molecule has 2 rings (SSSR count). The van der Waals surface area contributed by atoms with Crippen LogP contribution in [0.4, 0.5) is 5.69 Å². The topological polar surface area (TPSA) is 116 Å². The van der Waals surface area contributed by atoms with Crippen LogP contribution in [-0.4, -0.2) is 35.7 Å². The fraction of sp³-hybridized carbons (Fsp3) is 0.550.